The second kappa shape index (κ2) is 13.0. The molecule has 4 aromatic heterocycles. The Hall–Kier alpha value is -6.65. The predicted molar refractivity (Wildman–Crippen MR) is 238 cm³/mol. The van der Waals surface area contributed by atoms with Crippen molar-refractivity contribution in [3.05, 3.63) is 163 Å². The standard InChI is InChI=1S/C53H44N4/c1-52(2,3)38-28-45-43-25-36(33-18-12-8-13-19-33)23-41-40-22-35(32-16-10-7-11-17-32)24-42(50(40)57-51(41)43)44-26-37(34-20-14-9-15-21-34)27-46(54-44)47-30-39(53(4,5)6)31-49(56-47)48(29-38)55-45/h7-31,57H,1-6H3. The van der Waals surface area contributed by atoms with Crippen LogP contribution in [0.4, 0.5) is 0 Å². The van der Waals surface area contributed by atoms with E-state index in [-0.39, 0.29) is 10.8 Å². The number of rotatable bonds is 3. The van der Waals surface area contributed by atoms with Gasteiger partial charge < -0.3 is 4.98 Å². The van der Waals surface area contributed by atoms with Gasteiger partial charge in [-0.2, -0.15) is 0 Å². The maximum atomic E-state index is 5.54. The van der Waals surface area contributed by atoms with Crippen molar-refractivity contribution in [2.24, 2.45) is 0 Å². The van der Waals surface area contributed by atoms with E-state index >= 15 is 0 Å². The van der Waals surface area contributed by atoms with Crippen LogP contribution in [0.2, 0.25) is 0 Å². The number of nitrogens with one attached hydrogen (secondary N) is 1. The molecule has 8 bridgehead atoms. The average molecular weight is 737 g/mol. The van der Waals surface area contributed by atoms with Crippen molar-refractivity contribution in [3.63, 3.8) is 0 Å². The summed E-state index contributed by atoms with van der Waals surface area (Å²) in [5.41, 5.74) is 18.2. The van der Waals surface area contributed by atoms with Crippen LogP contribution >= 0.6 is 0 Å². The topological polar surface area (TPSA) is 54.5 Å². The van der Waals surface area contributed by atoms with Gasteiger partial charge in [-0.05, 0) is 116 Å². The Labute approximate surface area is 334 Å². The van der Waals surface area contributed by atoms with Crippen molar-refractivity contribution in [2.45, 2.75) is 52.4 Å². The van der Waals surface area contributed by atoms with Crippen LogP contribution in [0.5, 0.6) is 0 Å². The molecular formula is C53H44N4. The number of aromatic amines is 1. The van der Waals surface area contributed by atoms with Crippen LogP contribution in [0.1, 0.15) is 52.7 Å². The summed E-state index contributed by atoms with van der Waals surface area (Å²) >= 11 is 0. The van der Waals surface area contributed by atoms with Crippen molar-refractivity contribution in [1.82, 2.24) is 19.9 Å². The van der Waals surface area contributed by atoms with Crippen LogP contribution in [0.15, 0.2) is 152 Å². The molecule has 0 amide bonds. The fourth-order valence-electron chi connectivity index (χ4n) is 8.16. The van der Waals surface area contributed by atoms with Crippen molar-refractivity contribution in [3.8, 4) is 78.7 Å². The summed E-state index contributed by atoms with van der Waals surface area (Å²) in [6, 6.07) is 54.7. The van der Waals surface area contributed by atoms with E-state index in [1.165, 1.54) is 11.1 Å². The maximum Gasteiger partial charge on any atom is 0.0900 e. The molecule has 1 N–H and O–H groups in total. The van der Waals surface area contributed by atoms with Crippen LogP contribution in [0.25, 0.3) is 100 Å². The molecule has 276 valence electrons. The molecule has 0 aliphatic carbocycles. The molecule has 4 heteroatoms. The van der Waals surface area contributed by atoms with Gasteiger partial charge in [0.05, 0.1) is 45.2 Å². The van der Waals surface area contributed by atoms with Crippen LogP contribution in [-0.2, 0) is 10.8 Å². The van der Waals surface area contributed by atoms with Gasteiger partial charge in [0.1, 0.15) is 0 Å². The minimum absolute atomic E-state index is 0.142. The van der Waals surface area contributed by atoms with Gasteiger partial charge in [-0.15, -0.1) is 0 Å². The van der Waals surface area contributed by atoms with Crippen molar-refractivity contribution in [1.29, 1.82) is 0 Å². The molecule has 5 aromatic carbocycles. The Morgan fingerprint density at radius 2 is 0.649 bits per heavy atom. The van der Waals surface area contributed by atoms with E-state index in [1.807, 2.05) is 0 Å². The number of hydrogen-bond donors (Lipinski definition) is 1. The number of benzene rings is 5. The van der Waals surface area contributed by atoms with E-state index in [4.69, 9.17) is 15.0 Å². The lowest BCUT2D eigenvalue weighted by molar-refractivity contribution is 0.588. The van der Waals surface area contributed by atoms with Crippen LogP contribution < -0.4 is 0 Å². The molecule has 1 aliphatic rings. The van der Waals surface area contributed by atoms with E-state index in [0.717, 1.165) is 100 Å². The first-order valence-corrected chi connectivity index (χ1v) is 19.8. The molecule has 0 saturated carbocycles. The first-order valence-electron chi connectivity index (χ1n) is 19.8. The van der Waals surface area contributed by atoms with Gasteiger partial charge in [-0.25, -0.2) is 15.0 Å². The Kier molecular flexibility index (Phi) is 7.92. The average Bonchev–Trinajstić information content (AvgIpc) is 3.61. The zero-order chi connectivity index (χ0) is 39.1. The van der Waals surface area contributed by atoms with Crippen LogP contribution in [0, 0.1) is 0 Å². The number of fused-ring (bicyclic) bond motifs is 11. The van der Waals surface area contributed by atoms with Crippen LogP contribution in [-0.4, -0.2) is 19.9 Å². The molecule has 0 fully saturated rings. The Balaban J connectivity index is 1.42. The zero-order valence-electron chi connectivity index (χ0n) is 33.3. The highest BCUT2D eigenvalue weighted by molar-refractivity contribution is 6.17. The fraction of sp³-hybridized carbons (Fsp3) is 0.151. The quantitative estimate of drug-likeness (QED) is 0.196. The molecule has 9 aromatic rings. The molecule has 4 nitrogen and oxygen atoms in total. The summed E-state index contributed by atoms with van der Waals surface area (Å²) in [5, 5.41) is 2.29. The summed E-state index contributed by atoms with van der Waals surface area (Å²) in [6.07, 6.45) is 0. The monoisotopic (exact) mass is 736 g/mol. The molecule has 0 radical (unpaired) electrons. The summed E-state index contributed by atoms with van der Waals surface area (Å²) in [6.45, 7) is 13.6. The minimum atomic E-state index is -0.146. The third kappa shape index (κ3) is 6.22. The van der Waals surface area contributed by atoms with Gasteiger partial charge in [-0.3, -0.25) is 0 Å². The van der Waals surface area contributed by atoms with Crippen molar-refractivity contribution < 1.29 is 0 Å². The molecule has 0 spiro atoms. The van der Waals surface area contributed by atoms with Gasteiger partial charge in [-0.1, -0.05) is 133 Å². The molecule has 0 saturated heterocycles. The van der Waals surface area contributed by atoms with E-state index in [2.05, 4.69) is 198 Å². The number of nitrogens with zero attached hydrogens (tertiary/aromatic N) is 3. The summed E-state index contributed by atoms with van der Waals surface area (Å²) < 4.78 is 0. The molecule has 1 aliphatic heterocycles. The largest absolute Gasteiger partial charge is 0.353 e. The summed E-state index contributed by atoms with van der Waals surface area (Å²) in [7, 11) is 0. The van der Waals surface area contributed by atoms with Crippen molar-refractivity contribution in [2.75, 3.05) is 0 Å². The molecule has 0 unspecified atom stereocenters. The second-order valence-corrected chi connectivity index (χ2v) is 17.5. The van der Waals surface area contributed by atoms with Gasteiger partial charge in [0.15, 0.2) is 0 Å². The first-order chi connectivity index (χ1) is 27.5. The number of aromatic nitrogens is 4. The third-order valence-electron chi connectivity index (χ3n) is 11.4. The van der Waals surface area contributed by atoms with E-state index in [1.54, 1.807) is 0 Å². The lowest BCUT2D eigenvalue weighted by Gasteiger charge is -2.23. The van der Waals surface area contributed by atoms with Gasteiger partial charge in [0.2, 0.25) is 0 Å². The highest BCUT2D eigenvalue weighted by atomic mass is 14.8. The molecule has 5 heterocycles. The lowest BCUT2D eigenvalue weighted by atomic mass is 9.84. The Morgan fingerprint density at radius 1 is 0.333 bits per heavy atom. The SMILES string of the molecule is CC(C)(C)c1cc2nc(c1)-c1cc(C(C)(C)C)cc(n1)-c1cc(-c3ccccc3)cc3c1[nH]c1c(cc(-c4ccccc4)cc13)-c1cc(-c3ccccc3)cc-2n1. The van der Waals surface area contributed by atoms with Gasteiger partial charge in [0.25, 0.3) is 0 Å². The van der Waals surface area contributed by atoms with Crippen molar-refractivity contribution >= 4 is 21.8 Å². The molecule has 10 rings (SSSR count). The second-order valence-electron chi connectivity index (χ2n) is 17.5. The number of pyridine rings is 3. The minimum Gasteiger partial charge on any atom is -0.353 e. The molecule has 0 atom stereocenters. The highest BCUT2D eigenvalue weighted by Crippen LogP contribution is 2.44. The molecule has 57 heavy (non-hydrogen) atoms. The predicted octanol–water partition coefficient (Wildman–Crippen LogP) is 14.1. The van der Waals surface area contributed by atoms with E-state index in [0.29, 0.717) is 0 Å². The van der Waals surface area contributed by atoms with Gasteiger partial charge >= 0.3 is 0 Å². The summed E-state index contributed by atoms with van der Waals surface area (Å²) in [4.78, 5) is 20.5. The highest BCUT2D eigenvalue weighted by Gasteiger charge is 2.25. The van der Waals surface area contributed by atoms with Gasteiger partial charge in [0, 0.05) is 21.9 Å². The fourth-order valence-corrected chi connectivity index (χ4v) is 8.16. The summed E-state index contributed by atoms with van der Waals surface area (Å²) in [5.74, 6) is 0. The normalized spacial score (nSPS) is 12.4. The lowest BCUT2D eigenvalue weighted by Crippen LogP contribution is -2.14. The Bertz CT molecular complexity index is 3000. The maximum absolute atomic E-state index is 5.54. The number of H-pyrrole nitrogens is 1. The third-order valence-corrected chi connectivity index (χ3v) is 11.4. The van der Waals surface area contributed by atoms with E-state index < -0.39 is 0 Å². The first kappa shape index (κ1) is 34.8. The number of hydrogen-bond acceptors (Lipinski definition) is 3. The van der Waals surface area contributed by atoms with E-state index in [9.17, 15) is 0 Å². The Morgan fingerprint density at radius 3 is 1.05 bits per heavy atom. The smallest absolute Gasteiger partial charge is 0.0900 e. The van der Waals surface area contributed by atoms with Crippen LogP contribution in [0.3, 0.4) is 0 Å². The molecular weight excluding hydrogens is 693 g/mol. The zero-order valence-corrected chi connectivity index (χ0v) is 33.3.